The van der Waals surface area contributed by atoms with E-state index >= 15 is 0 Å². The largest absolute Gasteiger partial charge is 1.00 e. The number of rotatable bonds is 19. The number of Topliss-reactive ketones (excluding diaryl/α,β-unsaturated/α-hetero) is 1. The van der Waals surface area contributed by atoms with Crippen LogP contribution in [0.5, 0.6) is 0 Å². The Morgan fingerprint density at radius 2 is 0.868 bits per heavy atom. The molecule has 0 atom stereocenters. The Labute approximate surface area is 852 Å². The molecule has 0 saturated heterocycles. The van der Waals surface area contributed by atoms with Crippen LogP contribution in [0.2, 0.25) is 0 Å². The monoisotopic (exact) mass is 2170 g/mol. The van der Waals surface area contributed by atoms with Gasteiger partial charge in [0.05, 0.1) is 110 Å². The Kier molecular flexibility index (Phi) is 47.4. The minimum Gasteiger partial charge on any atom is -0.870 e. The summed E-state index contributed by atoms with van der Waals surface area (Å²) in [5.41, 5.74) is 32.4. The van der Waals surface area contributed by atoms with Crippen LogP contribution in [0.25, 0.3) is 78.1 Å². The van der Waals surface area contributed by atoms with E-state index in [1.165, 1.54) is 23.9 Å². The molecule has 0 unspecified atom stereocenters. The van der Waals surface area contributed by atoms with E-state index in [0.717, 1.165) is 102 Å². The van der Waals surface area contributed by atoms with Crippen molar-refractivity contribution in [2.45, 2.75) is 99.1 Å². The zero-order valence-electron chi connectivity index (χ0n) is 75.8. The number of hydrogen-bond donors (Lipinski definition) is 6. The smallest absolute Gasteiger partial charge is 0.870 e. The number of nitrogens with two attached hydrogens (primary N) is 3. The molecule has 0 spiro atoms. The molecular formula is C99H93BBr5LiN18O10S2. The quantitative estimate of drug-likeness (QED) is 0.00833. The molecule has 15 aromatic rings. The number of benzene rings is 6. The Hall–Kier alpha value is -12.6. The molecule has 0 radical (unpaired) electrons. The fraction of sp³-hybridized carbons (Fsp3) is 0.182. The number of ether oxygens (including phenoxy) is 3. The van der Waals surface area contributed by atoms with Gasteiger partial charge in [0.2, 0.25) is 0 Å². The van der Waals surface area contributed by atoms with Gasteiger partial charge in [-0.15, -0.1) is 23.5 Å². The maximum atomic E-state index is 11.9. The number of alkyl halides is 2. The number of hydrogen-bond acceptors (Lipinski definition) is 25. The van der Waals surface area contributed by atoms with E-state index in [1.807, 2.05) is 199 Å². The van der Waals surface area contributed by atoms with E-state index in [4.69, 9.17) is 74.3 Å². The Bertz CT molecular complexity index is 6540. The molecule has 0 aliphatic rings. The van der Waals surface area contributed by atoms with Gasteiger partial charge in [-0.2, -0.15) is 26.3 Å². The summed E-state index contributed by atoms with van der Waals surface area (Å²) in [6.07, 6.45) is 10.9. The molecule has 136 heavy (non-hydrogen) atoms. The summed E-state index contributed by atoms with van der Waals surface area (Å²) in [6, 6.07) is 79.4. The van der Waals surface area contributed by atoms with E-state index in [9.17, 15) is 19.5 Å². The van der Waals surface area contributed by atoms with Gasteiger partial charge >= 0.3 is 37.9 Å². The number of nitriles is 5. The predicted molar refractivity (Wildman–Crippen MR) is 549 cm³/mol. The molecule has 37 heteroatoms. The van der Waals surface area contributed by atoms with Gasteiger partial charge in [-0.05, 0) is 273 Å². The minimum absolute atomic E-state index is 0. The van der Waals surface area contributed by atoms with E-state index in [0.29, 0.717) is 76.2 Å². The molecule has 9 aromatic heterocycles. The van der Waals surface area contributed by atoms with Crippen molar-refractivity contribution in [2.75, 3.05) is 42.4 Å². The molecule has 0 saturated carbocycles. The van der Waals surface area contributed by atoms with Gasteiger partial charge < -0.3 is 52.0 Å². The normalized spacial score (nSPS) is 10.3. The van der Waals surface area contributed by atoms with E-state index < -0.39 is 26.9 Å². The van der Waals surface area contributed by atoms with Crippen LogP contribution in [0, 0.1) is 63.2 Å². The first-order chi connectivity index (χ1) is 64.0. The number of carbonyl (C=O) groups excluding carboxylic acids is 2. The minimum atomic E-state index is -1.45. The van der Waals surface area contributed by atoms with Crippen LogP contribution in [-0.4, -0.2) is 134 Å². The zero-order valence-corrected chi connectivity index (χ0v) is 85.3. The number of esters is 1. The number of carboxylic acids is 1. The van der Waals surface area contributed by atoms with Crippen LogP contribution in [0.4, 0.5) is 23.1 Å². The van der Waals surface area contributed by atoms with Crippen molar-refractivity contribution in [2.24, 2.45) is 0 Å². The second kappa shape index (κ2) is 56.6. The number of anilines is 3. The number of aliphatic carboxylic acids is 1. The summed E-state index contributed by atoms with van der Waals surface area (Å²) < 4.78 is 21.6. The van der Waals surface area contributed by atoms with Crippen molar-refractivity contribution >= 4 is 174 Å². The second-order valence-electron chi connectivity index (χ2n) is 29.3. The average Bonchev–Trinajstić information content (AvgIpc) is 1.55. The molecule has 0 fully saturated rings. The van der Waals surface area contributed by atoms with Crippen molar-refractivity contribution in [3.63, 3.8) is 0 Å². The topological polar surface area (TPSA) is 462 Å². The van der Waals surface area contributed by atoms with E-state index in [1.54, 1.807) is 151 Å². The number of fused-ring (bicyclic) bond motifs is 3. The Morgan fingerprint density at radius 3 is 1.21 bits per heavy atom. The van der Waals surface area contributed by atoms with Crippen LogP contribution in [0.15, 0.2) is 291 Å². The van der Waals surface area contributed by atoms with E-state index in [2.05, 4.69) is 145 Å². The van der Waals surface area contributed by atoms with Crippen LogP contribution in [0.1, 0.15) is 97.1 Å². The SMILES string of the molecule is CC(=O)C(C)(C)Sc1ccc2nccn2c1-c1ccc(C#N)cc1.CC(C)(Sc1ccc2nccn2c1-c1ccc(C#N)cc1)C(=O)O.CCOC(=O)C(C)(C)Br.CCOC(CBr)OCC.N#Cc1ccc(-c2c(Br)ccc3nccn23)cc1.N#Cc1ccc(-c2cccc(N)n2)cc1.N#Cc1ccc(-c2nc(N)ccc2Br)cc1.Nc1cccc(Br)n1.[C-]#[N+]c1ccc(B(O)O)cc1.[Li+].[OH-]. The second-order valence-corrected chi connectivity index (χ2v) is 37.8. The maximum absolute atomic E-state index is 11.9. The fourth-order valence-corrected chi connectivity index (χ4v) is 15.4. The number of nitrogens with zero attached hydrogens (tertiary/aromatic N) is 15. The molecule has 6 aromatic carbocycles. The van der Waals surface area contributed by atoms with Crippen LogP contribution in [0.3, 0.4) is 0 Å². The van der Waals surface area contributed by atoms with Crippen LogP contribution in [-0.2, 0) is 28.6 Å². The molecule has 0 bridgehead atoms. The number of carbonyl (C=O) groups is 3. The third-order valence-electron chi connectivity index (χ3n) is 18.4. The summed E-state index contributed by atoms with van der Waals surface area (Å²) >= 11 is 19.4. The van der Waals surface area contributed by atoms with Crippen LogP contribution >= 0.6 is 103 Å². The van der Waals surface area contributed by atoms with Crippen LogP contribution < -0.4 is 41.5 Å². The van der Waals surface area contributed by atoms with Crippen molar-refractivity contribution in [3.8, 4) is 86.6 Å². The van der Waals surface area contributed by atoms with Crippen molar-refractivity contribution in [3.05, 3.63) is 320 Å². The molecule has 10 N–H and O–H groups in total. The van der Waals surface area contributed by atoms with Gasteiger partial charge in [0.1, 0.15) is 53.9 Å². The molecule has 0 amide bonds. The molecule has 690 valence electrons. The molecule has 9 heterocycles. The number of aromatic nitrogens is 9. The van der Waals surface area contributed by atoms with Gasteiger partial charge in [0.15, 0.2) is 12.0 Å². The molecule has 0 aliphatic carbocycles. The number of imidazole rings is 3. The molecule has 0 aliphatic heterocycles. The standard InChI is InChI=1S/C19H17N3OS.C18H15N3O2S.C14H8BrN3.C12H8BrN3.C12H9N3.C7H6BNO2.C6H11BrO2.C6H13BrO2.C5H5BrN2.Li.H2O/c1-13(23)19(2,3)24-16-8-9-17-21-10-11-22(17)18(16)15-6-4-14(12-20)5-7-15;1-18(2,17(22)23)24-14-7-8-15-20-9-10-21(15)16(14)13-5-3-12(11-19)4-6-13;15-12-5-6-13-17-7-8-18(13)14(12)11-3-1-10(9-16)2-4-11;13-10-5-6-11(15)16-12(10)9-3-1-8(7-14)2-4-9;13-8-9-4-6-10(7-5-9)11-2-1-3-12(14)15-11;1-9-7-4-2-6(3-5-7)8(10)11;1-4-9-5(8)6(2,3)7;1-3-8-6(5-7)9-4-2;6-4-2-1-3-5(7)8-4;;/h4-11H,1-3H3;3-10H,1-2H3,(H,22,23);1-8H;1-6H,(H2,15,16);1-7H,(H2,14,15);2-5,10-11H;4H2,1-3H3;6H,3-5H2,1-2H3;1-3H,(H2,7,8);;1H2/q;;;;;;;;;+1;/p-1. The summed E-state index contributed by atoms with van der Waals surface area (Å²) in [5, 5.41) is 71.7. The number of pyridine rings is 6. The number of carboxylic acid groups (broad SMARTS) is 1. The predicted octanol–water partition coefficient (Wildman–Crippen LogP) is 18.6. The summed E-state index contributed by atoms with van der Waals surface area (Å²) in [6.45, 7) is 26.5. The van der Waals surface area contributed by atoms with Gasteiger partial charge in [-0.1, -0.05) is 129 Å². The Morgan fingerprint density at radius 1 is 0.493 bits per heavy atom. The van der Waals surface area contributed by atoms with Gasteiger partial charge in [-0.25, -0.2) is 34.7 Å². The molecule has 15 rings (SSSR count). The Balaban J connectivity index is 0.000000276. The summed E-state index contributed by atoms with van der Waals surface area (Å²) in [5.74, 6) is 0.553. The average molecular weight is 2180 g/mol. The molecular weight excluding hydrogens is 2080 g/mol. The number of ketones is 1. The van der Waals surface area contributed by atoms with Gasteiger partial charge in [-0.3, -0.25) is 27.6 Å². The first kappa shape index (κ1) is 114. The van der Waals surface area contributed by atoms with Crippen molar-refractivity contribution in [1.82, 2.24) is 43.1 Å². The first-order valence-corrected chi connectivity index (χ1v) is 46.6. The first-order valence-electron chi connectivity index (χ1n) is 40.7. The summed E-state index contributed by atoms with van der Waals surface area (Å²) in [7, 11) is -1.45. The van der Waals surface area contributed by atoms with Gasteiger partial charge in [0.25, 0.3) is 0 Å². The molecule has 28 nitrogen and oxygen atoms in total. The maximum Gasteiger partial charge on any atom is 1.00 e. The van der Waals surface area contributed by atoms with Crippen molar-refractivity contribution < 1.29 is 68.1 Å². The van der Waals surface area contributed by atoms with Crippen molar-refractivity contribution in [1.29, 1.82) is 26.3 Å². The third-order valence-corrected chi connectivity index (χ3v) is 23.6. The van der Waals surface area contributed by atoms with Gasteiger partial charge in [0, 0.05) is 80.3 Å². The third kappa shape index (κ3) is 34.9. The number of thioether (sulfide) groups is 2. The fourth-order valence-electron chi connectivity index (χ4n) is 11.3. The number of nitrogen functional groups attached to an aromatic ring is 3. The van der Waals surface area contributed by atoms with E-state index in [-0.39, 0.29) is 42.4 Å². The zero-order chi connectivity index (χ0) is 98.2. The number of halogens is 5. The summed E-state index contributed by atoms with van der Waals surface area (Å²) in [4.78, 5) is 64.5.